The Bertz CT molecular complexity index is 806. The van der Waals surface area contributed by atoms with Crippen molar-refractivity contribution >= 4 is 23.3 Å². The number of hydrogen-bond donors (Lipinski definition) is 2. The Morgan fingerprint density at radius 3 is 2.46 bits per heavy atom. The van der Waals surface area contributed by atoms with E-state index in [9.17, 15) is 9.59 Å². The third kappa shape index (κ3) is 3.79. The topological polar surface area (TPSA) is 70.7 Å². The van der Waals surface area contributed by atoms with Crippen LogP contribution in [0, 0.1) is 6.92 Å². The van der Waals surface area contributed by atoms with Crippen molar-refractivity contribution in [3.63, 3.8) is 0 Å². The fourth-order valence-corrected chi connectivity index (χ4v) is 3.15. The van der Waals surface area contributed by atoms with Gasteiger partial charge in [-0.05, 0) is 43.5 Å². The predicted molar refractivity (Wildman–Crippen MR) is 102 cm³/mol. The lowest BCUT2D eigenvalue weighted by Crippen LogP contribution is -2.45. The Hall–Kier alpha value is -3.02. The van der Waals surface area contributed by atoms with Gasteiger partial charge in [0.2, 0.25) is 5.91 Å². The second-order valence-corrected chi connectivity index (χ2v) is 6.29. The molecule has 0 unspecified atom stereocenters. The average Bonchev–Trinajstić information content (AvgIpc) is 3.14. The van der Waals surface area contributed by atoms with Crippen LogP contribution >= 0.6 is 0 Å². The number of anilines is 2. The summed E-state index contributed by atoms with van der Waals surface area (Å²) >= 11 is 0. The number of ether oxygens (including phenoxy) is 1. The van der Waals surface area contributed by atoms with E-state index in [1.807, 2.05) is 43.3 Å². The van der Waals surface area contributed by atoms with Crippen molar-refractivity contribution in [1.82, 2.24) is 4.90 Å². The minimum atomic E-state index is -0.482. The van der Waals surface area contributed by atoms with E-state index in [0.717, 1.165) is 17.7 Å². The molecule has 1 fully saturated rings. The molecule has 2 aromatic carbocycles. The van der Waals surface area contributed by atoms with Gasteiger partial charge in [-0.25, -0.2) is 4.79 Å². The van der Waals surface area contributed by atoms with E-state index in [-0.39, 0.29) is 11.9 Å². The monoisotopic (exact) mass is 353 g/mol. The zero-order chi connectivity index (χ0) is 18.5. The van der Waals surface area contributed by atoms with Crippen LogP contribution in [-0.2, 0) is 4.79 Å². The molecule has 0 radical (unpaired) electrons. The number of benzene rings is 2. The molecule has 1 atom stereocenters. The first-order valence-electron chi connectivity index (χ1n) is 8.67. The van der Waals surface area contributed by atoms with Gasteiger partial charge in [0, 0.05) is 12.2 Å². The molecule has 1 aliphatic heterocycles. The van der Waals surface area contributed by atoms with Crippen molar-refractivity contribution in [1.29, 1.82) is 0 Å². The third-order valence-electron chi connectivity index (χ3n) is 4.57. The van der Waals surface area contributed by atoms with Gasteiger partial charge in [-0.1, -0.05) is 30.3 Å². The van der Waals surface area contributed by atoms with E-state index in [2.05, 4.69) is 10.6 Å². The number of para-hydroxylation sites is 3. The van der Waals surface area contributed by atoms with E-state index < -0.39 is 6.04 Å². The molecule has 6 nitrogen and oxygen atoms in total. The van der Waals surface area contributed by atoms with Crippen LogP contribution in [0.4, 0.5) is 16.2 Å². The van der Waals surface area contributed by atoms with E-state index in [0.29, 0.717) is 24.4 Å². The highest BCUT2D eigenvalue weighted by molar-refractivity contribution is 6.00. The Labute approximate surface area is 153 Å². The van der Waals surface area contributed by atoms with Gasteiger partial charge in [0.1, 0.15) is 11.8 Å². The lowest BCUT2D eigenvalue weighted by Gasteiger charge is -2.25. The van der Waals surface area contributed by atoms with Gasteiger partial charge in [0.05, 0.1) is 12.8 Å². The Morgan fingerprint density at radius 2 is 1.73 bits per heavy atom. The largest absolute Gasteiger partial charge is 0.495 e. The number of methoxy groups -OCH3 is 1. The average molecular weight is 353 g/mol. The first kappa shape index (κ1) is 17.8. The molecule has 0 saturated carbocycles. The summed E-state index contributed by atoms with van der Waals surface area (Å²) in [4.78, 5) is 27.0. The van der Waals surface area contributed by atoms with Gasteiger partial charge in [-0.3, -0.25) is 4.79 Å². The molecule has 1 heterocycles. The Kier molecular flexibility index (Phi) is 5.41. The van der Waals surface area contributed by atoms with Crippen LogP contribution < -0.4 is 15.4 Å². The molecule has 3 amide bonds. The van der Waals surface area contributed by atoms with E-state index in [1.165, 1.54) is 0 Å². The molecule has 0 spiro atoms. The SMILES string of the molecule is COc1ccccc1NC(=O)N1CCC[C@@H]1C(=O)Nc1ccccc1C. The van der Waals surface area contributed by atoms with Crippen molar-refractivity contribution in [3.05, 3.63) is 54.1 Å². The quantitative estimate of drug-likeness (QED) is 0.882. The number of urea groups is 1. The number of hydrogen-bond acceptors (Lipinski definition) is 3. The number of likely N-dealkylation sites (tertiary alicyclic amines) is 1. The molecule has 0 bridgehead atoms. The molecular weight excluding hydrogens is 330 g/mol. The van der Waals surface area contributed by atoms with Gasteiger partial charge in [-0.2, -0.15) is 0 Å². The maximum Gasteiger partial charge on any atom is 0.322 e. The van der Waals surface area contributed by atoms with Crippen LogP contribution in [0.5, 0.6) is 5.75 Å². The van der Waals surface area contributed by atoms with Gasteiger partial charge >= 0.3 is 6.03 Å². The summed E-state index contributed by atoms with van der Waals surface area (Å²) in [5.74, 6) is 0.424. The molecule has 3 rings (SSSR count). The van der Waals surface area contributed by atoms with Crippen LogP contribution in [0.3, 0.4) is 0 Å². The standard InChI is InChI=1S/C20H23N3O3/c1-14-8-3-4-9-15(14)21-19(24)17-11-7-13-23(17)20(25)22-16-10-5-6-12-18(16)26-2/h3-6,8-10,12,17H,7,11,13H2,1-2H3,(H,21,24)(H,22,25)/t17-/m1/s1. The number of amides is 3. The van der Waals surface area contributed by atoms with Crippen molar-refractivity contribution < 1.29 is 14.3 Å². The number of nitrogens with zero attached hydrogens (tertiary/aromatic N) is 1. The molecule has 1 aliphatic rings. The second-order valence-electron chi connectivity index (χ2n) is 6.29. The van der Waals surface area contributed by atoms with Crippen molar-refractivity contribution in [2.75, 3.05) is 24.3 Å². The molecule has 136 valence electrons. The molecule has 0 aromatic heterocycles. The van der Waals surface area contributed by atoms with E-state index in [1.54, 1.807) is 24.1 Å². The fraction of sp³-hybridized carbons (Fsp3) is 0.300. The summed E-state index contributed by atoms with van der Waals surface area (Å²) in [6.45, 7) is 2.49. The van der Waals surface area contributed by atoms with Gasteiger partial charge in [0.15, 0.2) is 0 Å². The summed E-state index contributed by atoms with van der Waals surface area (Å²) < 4.78 is 5.26. The van der Waals surface area contributed by atoms with Gasteiger partial charge in [0.25, 0.3) is 0 Å². The highest BCUT2D eigenvalue weighted by atomic mass is 16.5. The Balaban J connectivity index is 1.70. The summed E-state index contributed by atoms with van der Waals surface area (Å²) in [6.07, 6.45) is 1.45. The highest BCUT2D eigenvalue weighted by Gasteiger charge is 2.34. The zero-order valence-corrected chi connectivity index (χ0v) is 15.0. The van der Waals surface area contributed by atoms with Crippen molar-refractivity contribution in [3.8, 4) is 5.75 Å². The van der Waals surface area contributed by atoms with Crippen LogP contribution in [0.15, 0.2) is 48.5 Å². The lowest BCUT2D eigenvalue weighted by atomic mass is 10.1. The smallest absolute Gasteiger partial charge is 0.322 e. The number of nitrogens with one attached hydrogen (secondary N) is 2. The predicted octanol–water partition coefficient (Wildman–Crippen LogP) is 3.64. The minimum absolute atomic E-state index is 0.160. The molecule has 2 aromatic rings. The van der Waals surface area contributed by atoms with Gasteiger partial charge < -0.3 is 20.3 Å². The fourth-order valence-electron chi connectivity index (χ4n) is 3.15. The molecule has 2 N–H and O–H groups in total. The second kappa shape index (κ2) is 7.91. The molecule has 1 saturated heterocycles. The first-order chi connectivity index (χ1) is 12.6. The summed E-state index contributed by atoms with van der Waals surface area (Å²) in [7, 11) is 1.55. The molecule has 6 heteroatoms. The van der Waals surface area contributed by atoms with Gasteiger partial charge in [-0.15, -0.1) is 0 Å². The normalized spacial score (nSPS) is 16.2. The van der Waals surface area contributed by atoms with Crippen LogP contribution in [-0.4, -0.2) is 36.5 Å². The lowest BCUT2D eigenvalue weighted by molar-refractivity contribution is -0.119. The van der Waals surface area contributed by atoms with Crippen LogP contribution in [0.25, 0.3) is 0 Å². The minimum Gasteiger partial charge on any atom is -0.495 e. The molecular formula is C20H23N3O3. The number of rotatable bonds is 4. The molecule has 0 aliphatic carbocycles. The summed E-state index contributed by atoms with van der Waals surface area (Å²) in [5.41, 5.74) is 2.35. The van der Waals surface area contributed by atoms with Crippen LogP contribution in [0.1, 0.15) is 18.4 Å². The Morgan fingerprint density at radius 1 is 1.04 bits per heavy atom. The highest BCUT2D eigenvalue weighted by Crippen LogP contribution is 2.26. The summed E-state index contributed by atoms with van der Waals surface area (Å²) in [5, 5.41) is 5.78. The number of aryl methyl sites for hydroxylation is 1. The van der Waals surface area contributed by atoms with Crippen molar-refractivity contribution in [2.45, 2.75) is 25.8 Å². The molecule has 26 heavy (non-hydrogen) atoms. The van der Waals surface area contributed by atoms with Crippen LogP contribution in [0.2, 0.25) is 0 Å². The first-order valence-corrected chi connectivity index (χ1v) is 8.67. The number of carbonyl (C=O) groups is 2. The van der Waals surface area contributed by atoms with E-state index >= 15 is 0 Å². The maximum absolute atomic E-state index is 12.7. The van der Waals surface area contributed by atoms with Crippen molar-refractivity contribution in [2.24, 2.45) is 0 Å². The number of carbonyl (C=O) groups excluding carboxylic acids is 2. The third-order valence-corrected chi connectivity index (χ3v) is 4.57. The summed E-state index contributed by atoms with van der Waals surface area (Å²) in [6, 6.07) is 14.0. The van der Waals surface area contributed by atoms with E-state index in [4.69, 9.17) is 4.74 Å². The zero-order valence-electron chi connectivity index (χ0n) is 15.0. The maximum atomic E-state index is 12.7.